The van der Waals surface area contributed by atoms with E-state index in [2.05, 4.69) is 30.3 Å². The Hall–Kier alpha value is -1.87. The molecule has 102 valence electrons. The van der Waals surface area contributed by atoms with Crippen LogP contribution >= 0.6 is 0 Å². The number of carbonyl (C=O) groups is 1. The fraction of sp³-hybridized carbons (Fsp3) is 0.353. The van der Waals surface area contributed by atoms with Gasteiger partial charge in [0.1, 0.15) is 0 Å². The van der Waals surface area contributed by atoms with Crippen molar-refractivity contribution in [2.45, 2.75) is 37.4 Å². The largest absolute Gasteiger partial charge is 0.331 e. The van der Waals surface area contributed by atoms with Gasteiger partial charge in [0.2, 0.25) is 5.91 Å². The number of fused-ring (bicyclic) bond motifs is 1. The van der Waals surface area contributed by atoms with E-state index in [9.17, 15) is 4.79 Å². The monoisotopic (exact) mass is 266 g/mol. The van der Waals surface area contributed by atoms with Gasteiger partial charge in [-0.3, -0.25) is 4.79 Å². The molecule has 0 radical (unpaired) electrons. The molecule has 1 heterocycles. The third kappa shape index (κ3) is 1.81. The van der Waals surface area contributed by atoms with E-state index in [0.717, 1.165) is 12.8 Å². The summed E-state index contributed by atoms with van der Waals surface area (Å²) in [5, 5.41) is 2.44. The second kappa shape index (κ2) is 4.32. The Kier molecular flexibility index (Phi) is 2.57. The van der Waals surface area contributed by atoms with Crippen LogP contribution in [0.2, 0.25) is 0 Å². The van der Waals surface area contributed by atoms with Gasteiger partial charge in [0, 0.05) is 18.5 Å². The highest BCUT2D eigenvalue weighted by atomic mass is 16.2. The molecule has 4 rings (SSSR count). The molecule has 1 saturated carbocycles. The topological polar surface area (TPSA) is 46.3 Å². The van der Waals surface area contributed by atoms with Gasteiger partial charge in [0.05, 0.1) is 6.04 Å². The van der Waals surface area contributed by atoms with E-state index in [1.165, 1.54) is 16.3 Å². The van der Waals surface area contributed by atoms with Gasteiger partial charge in [0.25, 0.3) is 0 Å². The summed E-state index contributed by atoms with van der Waals surface area (Å²) in [7, 11) is 0. The minimum Gasteiger partial charge on any atom is -0.331 e. The summed E-state index contributed by atoms with van der Waals surface area (Å²) in [5.41, 5.74) is 7.41. The second-order valence-electron chi connectivity index (χ2n) is 5.95. The zero-order valence-electron chi connectivity index (χ0n) is 11.3. The van der Waals surface area contributed by atoms with Crippen LogP contribution in [0.1, 0.15) is 30.9 Å². The summed E-state index contributed by atoms with van der Waals surface area (Å²) >= 11 is 0. The van der Waals surface area contributed by atoms with Gasteiger partial charge in [-0.05, 0) is 35.2 Å². The van der Waals surface area contributed by atoms with Crippen molar-refractivity contribution >= 4 is 16.7 Å². The van der Waals surface area contributed by atoms with Crippen LogP contribution in [0.5, 0.6) is 0 Å². The highest BCUT2D eigenvalue weighted by Gasteiger charge is 2.45. The SMILES string of the molecule is NC1CC(=O)N(C2CC2)C1c1ccc2ccccc2c1. The van der Waals surface area contributed by atoms with Gasteiger partial charge in [-0.1, -0.05) is 36.4 Å². The lowest BCUT2D eigenvalue weighted by Crippen LogP contribution is -2.34. The van der Waals surface area contributed by atoms with Crippen LogP contribution < -0.4 is 5.73 Å². The zero-order chi connectivity index (χ0) is 13.7. The zero-order valence-corrected chi connectivity index (χ0v) is 11.3. The Morgan fingerprint density at radius 2 is 1.80 bits per heavy atom. The third-order valence-corrected chi connectivity index (χ3v) is 4.46. The molecule has 2 aromatic carbocycles. The summed E-state index contributed by atoms with van der Waals surface area (Å²) < 4.78 is 0. The lowest BCUT2D eigenvalue weighted by atomic mass is 9.97. The van der Waals surface area contributed by atoms with Gasteiger partial charge in [-0.2, -0.15) is 0 Å². The average molecular weight is 266 g/mol. The molecule has 3 nitrogen and oxygen atoms in total. The Morgan fingerprint density at radius 3 is 2.55 bits per heavy atom. The van der Waals surface area contributed by atoms with Crippen LogP contribution in [0.15, 0.2) is 42.5 Å². The first kappa shape index (κ1) is 11.9. The molecule has 2 unspecified atom stereocenters. The molecule has 3 heteroatoms. The Morgan fingerprint density at radius 1 is 1.05 bits per heavy atom. The van der Waals surface area contributed by atoms with E-state index in [4.69, 9.17) is 5.73 Å². The smallest absolute Gasteiger partial charge is 0.225 e. The first-order valence-corrected chi connectivity index (χ1v) is 7.29. The standard InChI is InChI=1S/C17H18N2O/c18-15-10-16(20)19(14-7-8-14)17(15)13-6-5-11-3-1-2-4-12(11)9-13/h1-6,9,14-15,17H,7-8,10,18H2. The Bertz CT molecular complexity index is 677. The molecule has 0 spiro atoms. The van der Waals surface area contributed by atoms with Crippen molar-refractivity contribution in [1.82, 2.24) is 4.90 Å². The quantitative estimate of drug-likeness (QED) is 0.908. The summed E-state index contributed by atoms with van der Waals surface area (Å²) in [4.78, 5) is 14.2. The molecule has 2 N–H and O–H groups in total. The molecule has 2 fully saturated rings. The average Bonchev–Trinajstić information content (AvgIpc) is 3.24. The maximum Gasteiger partial charge on any atom is 0.225 e. The maximum absolute atomic E-state index is 12.2. The van der Waals surface area contributed by atoms with E-state index in [1.54, 1.807) is 0 Å². The fourth-order valence-electron chi connectivity index (χ4n) is 3.36. The molecule has 1 aliphatic heterocycles. The number of rotatable bonds is 2. The van der Waals surface area contributed by atoms with Crippen molar-refractivity contribution < 1.29 is 4.79 Å². The summed E-state index contributed by atoms with van der Waals surface area (Å²) in [6, 6.07) is 15.2. The van der Waals surface area contributed by atoms with Crippen molar-refractivity contribution in [2.24, 2.45) is 5.73 Å². The molecule has 1 aliphatic carbocycles. The van der Waals surface area contributed by atoms with E-state index < -0.39 is 0 Å². The number of amides is 1. The van der Waals surface area contributed by atoms with Crippen LogP contribution in [0.4, 0.5) is 0 Å². The Labute approximate surface area is 118 Å². The minimum atomic E-state index is -0.0794. The number of hydrogen-bond donors (Lipinski definition) is 1. The molecular weight excluding hydrogens is 248 g/mol. The fourth-order valence-corrected chi connectivity index (χ4v) is 3.36. The number of likely N-dealkylation sites (tertiary alicyclic amines) is 1. The molecule has 2 atom stereocenters. The summed E-state index contributed by atoms with van der Waals surface area (Å²) in [5.74, 6) is 0.221. The minimum absolute atomic E-state index is 0.0552. The van der Waals surface area contributed by atoms with Crippen LogP contribution in [0, 0.1) is 0 Å². The van der Waals surface area contributed by atoms with Crippen molar-refractivity contribution in [1.29, 1.82) is 0 Å². The molecule has 0 aromatic heterocycles. The lowest BCUT2D eigenvalue weighted by molar-refractivity contribution is -0.129. The number of benzene rings is 2. The first-order valence-electron chi connectivity index (χ1n) is 7.29. The van der Waals surface area contributed by atoms with E-state index >= 15 is 0 Å². The lowest BCUT2D eigenvalue weighted by Gasteiger charge is -2.27. The van der Waals surface area contributed by atoms with Crippen LogP contribution in [0.3, 0.4) is 0 Å². The predicted molar refractivity (Wildman–Crippen MR) is 79.1 cm³/mol. The maximum atomic E-state index is 12.2. The highest BCUT2D eigenvalue weighted by Crippen LogP contribution is 2.41. The Balaban J connectivity index is 1.78. The number of nitrogens with two attached hydrogens (primary N) is 1. The number of hydrogen-bond acceptors (Lipinski definition) is 2. The highest BCUT2D eigenvalue weighted by molar-refractivity contribution is 5.84. The van der Waals surface area contributed by atoms with Gasteiger partial charge < -0.3 is 10.6 Å². The van der Waals surface area contributed by atoms with Crippen molar-refractivity contribution in [2.75, 3.05) is 0 Å². The third-order valence-electron chi connectivity index (χ3n) is 4.46. The van der Waals surface area contributed by atoms with E-state index in [1.807, 2.05) is 17.0 Å². The van der Waals surface area contributed by atoms with Crippen LogP contribution in [-0.4, -0.2) is 22.9 Å². The number of carbonyl (C=O) groups excluding carboxylic acids is 1. The van der Waals surface area contributed by atoms with Crippen LogP contribution in [0.25, 0.3) is 10.8 Å². The van der Waals surface area contributed by atoms with E-state index in [0.29, 0.717) is 12.5 Å². The van der Waals surface area contributed by atoms with Crippen molar-refractivity contribution in [3.63, 3.8) is 0 Å². The van der Waals surface area contributed by atoms with Gasteiger partial charge in [-0.15, -0.1) is 0 Å². The molecule has 20 heavy (non-hydrogen) atoms. The molecule has 1 amide bonds. The van der Waals surface area contributed by atoms with Crippen molar-refractivity contribution in [3.8, 4) is 0 Å². The van der Waals surface area contributed by atoms with Gasteiger partial charge in [0.15, 0.2) is 0 Å². The van der Waals surface area contributed by atoms with Gasteiger partial charge in [-0.25, -0.2) is 0 Å². The van der Waals surface area contributed by atoms with Crippen molar-refractivity contribution in [3.05, 3.63) is 48.0 Å². The normalized spacial score (nSPS) is 26.4. The first-order chi connectivity index (χ1) is 9.74. The number of nitrogens with zero attached hydrogens (tertiary/aromatic N) is 1. The van der Waals surface area contributed by atoms with Gasteiger partial charge >= 0.3 is 0 Å². The predicted octanol–water partition coefficient (Wildman–Crippen LogP) is 2.60. The molecule has 2 aromatic rings. The van der Waals surface area contributed by atoms with E-state index in [-0.39, 0.29) is 18.0 Å². The second-order valence-corrected chi connectivity index (χ2v) is 5.95. The summed E-state index contributed by atoms with van der Waals surface area (Å²) in [6.07, 6.45) is 2.74. The molecule has 1 saturated heterocycles. The van der Waals surface area contributed by atoms with Crippen LogP contribution in [-0.2, 0) is 4.79 Å². The molecular formula is C17H18N2O. The molecule has 0 bridgehead atoms. The molecule has 2 aliphatic rings. The summed E-state index contributed by atoms with van der Waals surface area (Å²) in [6.45, 7) is 0.